The monoisotopic (exact) mass is 207 g/mol. The maximum absolute atomic E-state index is 10.8. The zero-order valence-corrected chi connectivity index (χ0v) is 8.51. The number of carbonyl (C=O) groups excluding carboxylic acids is 2. The molecule has 1 rings (SSSR count). The molecule has 1 aromatic rings. The second-order valence-electron chi connectivity index (χ2n) is 3.05. The minimum atomic E-state index is -0.405. The standard InChI is InChI=1S/C10H13N3O2/c1-2-13(6-9(11)15)10-4-3-8(7-14)5-12-10/h3-5,7H,2,6H2,1H3,(H2,11,15). The van der Waals surface area contributed by atoms with Crippen LogP contribution in [0.3, 0.4) is 0 Å². The number of rotatable bonds is 5. The zero-order chi connectivity index (χ0) is 11.3. The SMILES string of the molecule is CCN(CC(N)=O)c1ccc(C=O)cn1. The van der Waals surface area contributed by atoms with Crippen molar-refractivity contribution in [3.8, 4) is 0 Å². The lowest BCUT2D eigenvalue weighted by atomic mass is 10.3. The third-order valence-corrected chi connectivity index (χ3v) is 1.96. The van der Waals surface area contributed by atoms with E-state index in [0.717, 1.165) is 6.29 Å². The molecule has 0 aliphatic heterocycles. The van der Waals surface area contributed by atoms with Gasteiger partial charge in [0.25, 0.3) is 0 Å². The van der Waals surface area contributed by atoms with Gasteiger partial charge in [-0.25, -0.2) is 4.98 Å². The molecule has 0 spiro atoms. The number of aromatic nitrogens is 1. The molecule has 0 bridgehead atoms. The maximum Gasteiger partial charge on any atom is 0.236 e. The fourth-order valence-corrected chi connectivity index (χ4v) is 1.20. The van der Waals surface area contributed by atoms with Gasteiger partial charge >= 0.3 is 0 Å². The number of aldehydes is 1. The van der Waals surface area contributed by atoms with Gasteiger partial charge in [0.2, 0.25) is 5.91 Å². The lowest BCUT2D eigenvalue weighted by Crippen LogP contribution is -2.34. The van der Waals surface area contributed by atoms with Gasteiger partial charge in [0, 0.05) is 18.3 Å². The minimum Gasteiger partial charge on any atom is -0.368 e. The fourth-order valence-electron chi connectivity index (χ4n) is 1.20. The summed E-state index contributed by atoms with van der Waals surface area (Å²) in [5.41, 5.74) is 5.61. The van der Waals surface area contributed by atoms with Crippen molar-refractivity contribution in [1.29, 1.82) is 0 Å². The van der Waals surface area contributed by atoms with Gasteiger partial charge < -0.3 is 10.6 Å². The van der Waals surface area contributed by atoms with Crippen LogP contribution in [0.2, 0.25) is 0 Å². The average Bonchev–Trinajstić information content (AvgIpc) is 2.26. The highest BCUT2D eigenvalue weighted by molar-refractivity contribution is 5.79. The largest absolute Gasteiger partial charge is 0.368 e. The maximum atomic E-state index is 10.8. The Morgan fingerprint density at radius 2 is 2.33 bits per heavy atom. The summed E-state index contributed by atoms with van der Waals surface area (Å²) in [7, 11) is 0. The number of hydrogen-bond donors (Lipinski definition) is 1. The summed E-state index contributed by atoms with van der Waals surface area (Å²) in [4.78, 5) is 27.0. The van der Waals surface area contributed by atoms with E-state index in [0.29, 0.717) is 17.9 Å². The first-order valence-corrected chi connectivity index (χ1v) is 4.62. The van der Waals surface area contributed by atoms with Crippen molar-refractivity contribution in [3.63, 3.8) is 0 Å². The van der Waals surface area contributed by atoms with E-state index in [-0.39, 0.29) is 6.54 Å². The summed E-state index contributed by atoms with van der Waals surface area (Å²) in [6, 6.07) is 3.34. The third-order valence-electron chi connectivity index (χ3n) is 1.96. The predicted octanol–water partition coefficient (Wildman–Crippen LogP) is 0.206. The first-order chi connectivity index (χ1) is 7.17. The molecule has 0 unspecified atom stereocenters. The van der Waals surface area contributed by atoms with E-state index in [1.807, 2.05) is 6.92 Å². The third kappa shape index (κ3) is 3.05. The molecular formula is C10H13N3O2. The van der Waals surface area contributed by atoms with Crippen LogP contribution in [0.1, 0.15) is 17.3 Å². The number of carbonyl (C=O) groups is 2. The summed E-state index contributed by atoms with van der Waals surface area (Å²) in [6.45, 7) is 2.67. The van der Waals surface area contributed by atoms with E-state index in [9.17, 15) is 9.59 Å². The molecule has 0 saturated carbocycles. The lowest BCUT2D eigenvalue weighted by Gasteiger charge is -2.19. The topological polar surface area (TPSA) is 76.3 Å². The van der Waals surface area contributed by atoms with Crippen molar-refractivity contribution in [1.82, 2.24) is 4.98 Å². The van der Waals surface area contributed by atoms with E-state index in [1.165, 1.54) is 6.20 Å². The van der Waals surface area contributed by atoms with Gasteiger partial charge in [-0.15, -0.1) is 0 Å². The molecule has 0 atom stereocenters. The van der Waals surface area contributed by atoms with Gasteiger partial charge in [0.05, 0.1) is 6.54 Å². The molecule has 0 saturated heterocycles. The Bertz CT molecular complexity index is 348. The average molecular weight is 207 g/mol. The first-order valence-electron chi connectivity index (χ1n) is 4.62. The molecule has 0 radical (unpaired) electrons. The number of nitrogens with zero attached hydrogens (tertiary/aromatic N) is 2. The lowest BCUT2D eigenvalue weighted by molar-refractivity contribution is -0.116. The zero-order valence-electron chi connectivity index (χ0n) is 8.51. The molecule has 1 aromatic heterocycles. The van der Waals surface area contributed by atoms with E-state index in [4.69, 9.17) is 5.73 Å². The van der Waals surface area contributed by atoms with Crippen LogP contribution in [-0.4, -0.2) is 30.3 Å². The summed E-state index contributed by atoms with van der Waals surface area (Å²) in [6.07, 6.45) is 2.19. The van der Waals surface area contributed by atoms with E-state index < -0.39 is 5.91 Å². The molecule has 0 aliphatic rings. The minimum absolute atomic E-state index is 0.129. The molecule has 0 aromatic carbocycles. The Hall–Kier alpha value is -1.91. The fraction of sp³-hybridized carbons (Fsp3) is 0.300. The summed E-state index contributed by atoms with van der Waals surface area (Å²) in [5.74, 6) is 0.236. The van der Waals surface area contributed by atoms with Crippen LogP contribution < -0.4 is 10.6 Å². The van der Waals surface area contributed by atoms with Crippen molar-refractivity contribution in [2.24, 2.45) is 5.73 Å². The number of hydrogen-bond acceptors (Lipinski definition) is 4. The number of primary amides is 1. The molecule has 0 fully saturated rings. The number of nitrogens with two attached hydrogens (primary N) is 1. The molecule has 0 aliphatic carbocycles. The van der Waals surface area contributed by atoms with Crippen LogP contribution >= 0.6 is 0 Å². The quantitative estimate of drug-likeness (QED) is 0.700. The van der Waals surface area contributed by atoms with Gasteiger partial charge in [-0.2, -0.15) is 0 Å². The Morgan fingerprint density at radius 1 is 1.60 bits per heavy atom. The van der Waals surface area contributed by atoms with E-state index >= 15 is 0 Å². The van der Waals surface area contributed by atoms with Gasteiger partial charge in [0.15, 0.2) is 6.29 Å². The summed E-state index contributed by atoms with van der Waals surface area (Å²) < 4.78 is 0. The van der Waals surface area contributed by atoms with Gasteiger partial charge in [-0.1, -0.05) is 0 Å². The van der Waals surface area contributed by atoms with Crippen molar-refractivity contribution < 1.29 is 9.59 Å². The second-order valence-corrected chi connectivity index (χ2v) is 3.05. The molecule has 5 nitrogen and oxygen atoms in total. The molecule has 1 heterocycles. The summed E-state index contributed by atoms with van der Waals surface area (Å²) >= 11 is 0. The second kappa shape index (κ2) is 5.09. The Balaban J connectivity index is 2.82. The van der Waals surface area contributed by atoms with Crippen molar-refractivity contribution in [2.45, 2.75) is 6.92 Å². The molecule has 15 heavy (non-hydrogen) atoms. The highest BCUT2D eigenvalue weighted by Gasteiger charge is 2.07. The Morgan fingerprint density at radius 3 is 2.73 bits per heavy atom. The van der Waals surface area contributed by atoms with Crippen LogP contribution in [-0.2, 0) is 4.79 Å². The van der Waals surface area contributed by atoms with Gasteiger partial charge in [0.1, 0.15) is 5.82 Å². The smallest absolute Gasteiger partial charge is 0.236 e. The van der Waals surface area contributed by atoms with E-state index in [2.05, 4.69) is 4.98 Å². The number of pyridine rings is 1. The number of amides is 1. The number of anilines is 1. The van der Waals surface area contributed by atoms with E-state index in [1.54, 1.807) is 17.0 Å². The summed E-state index contributed by atoms with van der Waals surface area (Å²) in [5, 5.41) is 0. The van der Waals surface area contributed by atoms with Crippen molar-refractivity contribution >= 4 is 18.0 Å². The predicted molar refractivity (Wildman–Crippen MR) is 56.7 cm³/mol. The highest BCUT2D eigenvalue weighted by Crippen LogP contribution is 2.09. The van der Waals surface area contributed by atoms with Gasteiger partial charge in [-0.05, 0) is 19.1 Å². The van der Waals surface area contributed by atoms with Crippen LogP contribution in [0.15, 0.2) is 18.3 Å². The molecular weight excluding hydrogens is 194 g/mol. The molecule has 5 heteroatoms. The molecule has 80 valence electrons. The first kappa shape index (κ1) is 11.2. The molecule has 2 N–H and O–H groups in total. The van der Waals surface area contributed by atoms with Crippen LogP contribution in [0.5, 0.6) is 0 Å². The van der Waals surface area contributed by atoms with Crippen LogP contribution in [0, 0.1) is 0 Å². The normalized spacial score (nSPS) is 9.67. The molecule has 1 amide bonds. The number of likely N-dealkylation sites (N-methyl/N-ethyl adjacent to an activating group) is 1. The van der Waals surface area contributed by atoms with Crippen molar-refractivity contribution in [3.05, 3.63) is 23.9 Å². The highest BCUT2D eigenvalue weighted by atomic mass is 16.1. The Labute approximate surface area is 87.9 Å². The Kier molecular flexibility index (Phi) is 3.79. The van der Waals surface area contributed by atoms with Gasteiger partial charge in [-0.3, -0.25) is 9.59 Å². The van der Waals surface area contributed by atoms with Crippen molar-refractivity contribution in [2.75, 3.05) is 18.0 Å². The van der Waals surface area contributed by atoms with Crippen LogP contribution in [0.4, 0.5) is 5.82 Å². The van der Waals surface area contributed by atoms with Crippen LogP contribution in [0.25, 0.3) is 0 Å².